The Morgan fingerprint density at radius 2 is 1.17 bits per heavy atom. The molecule has 2 aromatic heterocycles. The minimum atomic E-state index is -0.729. The molecule has 4 aromatic carbocycles. The third kappa shape index (κ3) is 14.4. The van der Waals surface area contributed by atoms with Gasteiger partial charge in [-0.3, -0.25) is 24.0 Å². The molecular weight excluding hydrogens is 1170 g/mol. The molecule has 6 aromatic rings. The molecule has 0 bridgehead atoms. The number of aliphatic carboxylic acids is 1. The van der Waals surface area contributed by atoms with Crippen LogP contribution in [0, 0.1) is 5.92 Å². The van der Waals surface area contributed by atoms with Gasteiger partial charge in [-0.2, -0.15) is 33.7 Å². The summed E-state index contributed by atoms with van der Waals surface area (Å²) in [4.78, 5) is 71.1. The Labute approximate surface area is 524 Å². The van der Waals surface area contributed by atoms with Crippen molar-refractivity contribution in [2.75, 3.05) is 24.6 Å². The van der Waals surface area contributed by atoms with Crippen LogP contribution in [0.5, 0.6) is 23.0 Å². The first-order chi connectivity index (χ1) is 42.8. The van der Waals surface area contributed by atoms with Crippen LogP contribution in [0.15, 0.2) is 95.4 Å². The number of amides is 6. The fraction of sp³-hybridized carbons (Fsp3) is 0.446. The predicted molar refractivity (Wildman–Crippen MR) is 345 cm³/mol. The number of hydrazone groups is 2. The van der Waals surface area contributed by atoms with Crippen molar-refractivity contribution in [2.24, 2.45) is 21.9 Å². The second-order valence-electron chi connectivity index (χ2n) is 24.2. The zero-order valence-electron chi connectivity index (χ0n) is 50.3. The normalized spacial score (nSPS) is 22.4. The van der Waals surface area contributed by atoms with E-state index in [-0.39, 0.29) is 83.0 Å². The molecule has 8 atom stereocenters. The van der Waals surface area contributed by atoms with E-state index in [0.717, 1.165) is 89.5 Å². The van der Waals surface area contributed by atoms with Gasteiger partial charge in [0.1, 0.15) is 34.8 Å². The number of rotatable bonds is 21. The second-order valence-corrected chi connectivity index (χ2v) is 26.7. The zero-order chi connectivity index (χ0) is 63.2. The third-order valence-electron chi connectivity index (χ3n) is 17.5. The van der Waals surface area contributed by atoms with E-state index in [0.29, 0.717) is 88.6 Å². The molecule has 22 nitrogen and oxygen atoms in total. The molecule has 24 heteroatoms. The van der Waals surface area contributed by atoms with Gasteiger partial charge in [-0.1, -0.05) is 52.7 Å². The summed E-state index contributed by atoms with van der Waals surface area (Å²) in [5, 5.41) is 73.3. The van der Waals surface area contributed by atoms with Crippen LogP contribution in [-0.4, -0.2) is 135 Å². The quantitative estimate of drug-likeness (QED) is 0.0243. The number of benzene rings is 4. The number of urea groups is 1. The molecule has 2 unspecified atom stereocenters. The molecule has 6 amide bonds. The number of phenols is 4. The van der Waals surface area contributed by atoms with E-state index in [9.17, 15) is 49.2 Å². The van der Waals surface area contributed by atoms with Crippen LogP contribution in [0.4, 0.5) is 4.79 Å². The van der Waals surface area contributed by atoms with Gasteiger partial charge in [0.05, 0.1) is 23.5 Å². The Balaban J connectivity index is 0.000000165. The molecule has 13 N–H and O–H groups in total. The molecule has 4 saturated heterocycles. The average Bonchev–Trinajstić information content (AvgIpc) is 1.87. The number of thioether (sulfide) groups is 2. The number of carbonyl (C=O) groups is 6. The van der Waals surface area contributed by atoms with E-state index in [1.54, 1.807) is 12.1 Å². The number of aromatic nitrogens is 2. The highest BCUT2D eigenvalue weighted by molar-refractivity contribution is 8.00. The average molecular weight is 1250 g/mol. The Kier molecular flexibility index (Phi) is 20.1. The monoisotopic (exact) mass is 1250 g/mol. The van der Waals surface area contributed by atoms with E-state index >= 15 is 0 Å². The van der Waals surface area contributed by atoms with Crippen LogP contribution in [0.1, 0.15) is 143 Å². The molecule has 472 valence electrons. The second kappa shape index (κ2) is 28.1. The van der Waals surface area contributed by atoms with Crippen molar-refractivity contribution < 1.29 is 54.3 Å². The van der Waals surface area contributed by atoms with E-state index < -0.39 is 17.8 Å². The van der Waals surface area contributed by atoms with Gasteiger partial charge in [0.25, 0.3) is 11.8 Å². The van der Waals surface area contributed by atoms with Crippen molar-refractivity contribution in [3.63, 3.8) is 0 Å². The summed E-state index contributed by atoms with van der Waals surface area (Å²) >= 11 is 3.83. The summed E-state index contributed by atoms with van der Waals surface area (Å²) in [5.74, 6) is -0.0967. The van der Waals surface area contributed by atoms with Crippen molar-refractivity contribution in [3.05, 3.63) is 119 Å². The van der Waals surface area contributed by atoms with Gasteiger partial charge >= 0.3 is 12.0 Å². The summed E-state index contributed by atoms with van der Waals surface area (Å²) in [6, 6.07) is 22.4. The standard InChI is InChI=1S/C33H39N5O5S.C22H24N4O3.C10H16N2O3S/c1-18(2)21-14-23(27(40)16-26(21)39)32-31(33(43)37-36-32)20-7-8-25-19(13-20)9-11-38(25)12-10-34-29(41)6-4-3-5-28-22-15-30(42)35-24(22)17-44-28;1-12(2)15-10-16(19(28)11-18(15)27)21-20(22(29)25-24-21)14-3-4-17-13(9-14)5-7-26(17)8-6-23;13-8(14)4-2-1-3-7-9-6(5-16-7)11-10(15)12-9/h7-9,11,13-14,16,18,22,24,28,31,39-40H,3-6,10,12,15,17H2,1-2H3,(H,34,41)(H,35,42)(H,37,43);3-5,7,9-12,20,27-28H,6,8,23H2,1-2H3,(H,25,29);6-7,9H,1-5H2,(H,13,14)(H2,11,12,15)/t22-,24-,28+,31?;;6-,7+,9-/m1.1/s1. The highest BCUT2D eigenvalue weighted by atomic mass is 32.2. The lowest BCUT2D eigenvalue weighted by molar-refractivity contribution is -0.137. The van der Waals surface area contributed by atoms with E-state index in [1.165, 1.54) is 12.1 Å². The Hall–Kier alpha value is -8.22. The van der Waals surface area contributed by atoms with Crippen LogP contribution in [-0.2, 0) is 37.1 Å². The molecule has 6 aliphatic heterocycles. The highest BCUT2D eigenvalue weighted by Gasteiger charge is 2.44. The molecule has 4 fully saturated rings. The minimum absolute atomic E-state index is 0.00702. The van der Waals surface area contributed by atoms with E-state index in [1.807, 2.05) is 112 Å². The molecule has 0 radical (unpaired) electrons. The maximum atomic E-state index is 12.9. The number of unbranched alkanes of at least 4 members (excludes halogenated alkanes) is 2. The number of fused-ring (bicyclic) bond motifs is 4. The number of carboxylic acid groups (broad SMARTS) is 1. The summed E-state index contributed by atoms with van der Waals surface area (Å²) in [6.07, 6.45) is 10.9. The number of carboxylic acids is 1. The Morgan fingerprint density at radius 3 is 1.72 bits per heavy atom. The number of hydrogen-bond acceptors (Lipinski definition) is 15. The van der Waals surface area contributed by atoms with Crippen LogP contribution >= 0.6 is 23.5 Å². The molecule has 0 spiro atoms. The fourth-order valence-electron chi connectivity index (χ4n) is 12.9. The zero-order valence-corrected chi connectivity index (χ0v) is 52.0. The first-order valence-corrected chi connectivity index (χ1v) is 32.7. The lowest BCUT2D eigenvalue weighted by Gasteiger charge is -2.16. The number of hydrogen-bond donors (Lipinski definition) is 12. The molecule has 6 aliphatic rings. The van der Waals surface area contributed by atoms with Gasteiger partial charge in [0.15, 0.2) is 0 Å². The molecule has 0 aliphatic carbocycles. The lowest BCUT2D eigenvalue weighted by atomic mass is 9.87. The van der Waals surface area contributed by atoms with Gasteiger partial charge in [-0.15, -0.1) is 0 Å². The van der Waals surface area contributed by atoms with Crippen molar-refractivity contribution in [3.8, 4) is 23.0 Å². The van der Waals surface area contributed by atoms with Gasteiger partial charge in [0.2, 0.25) is 11.8 Å². The maximum absolute atomic E-state index is 12.9. The van der Waals surface area contributed by atoms with Crippen molar-refractivity contribution in [1.82, 2.24) is 41.3 Å². The van der Waals surface area contributed by atoms with Gasteiger partial charge in [-0.25, -0.2) is 15.6 Å². The molecule has 89 heavy (non-hydrogen) atoms. The first kappa shape index (κ1) is 63.8. The number of nitrogens with one attached hydrogen (secondary N) is 6. The van der Waals surface area contributed by atoms with Gasteiger partial charge < -0.3 is 61.7 Å². The van der Waals surface area contributed by atoms with Crippen molar-refractivity contribution in [1.29, 1.82) is 0 Å². The van der Waals surface area contributed by atoms with Crippen molar-refractivity contribution >= 4 is 92.4 Å². The van der Waals surface area contributed by atoms with E-state index in [4.69, 9.17) is 10.8 Å². The third-order valence-corrected chi connectivity index (χ3v) is 20.6. The van der Waals surface area contributed by atoms with Crippen molar-refractivity contribution in [2.45, 2.75) is 151 Å². The smallest absolute Gasteiger partial charge is 0.315 e. The summed E-state index contributed by atoms with van der Waals surface area (Å²) < 4.78 is 4.15. The molecule has 0 saturated carbocycles. The number of carbonyl (C=O) groups excluding carboxylic acids is 5. The van der Waals surface area contributed by atoms with Crippen LogP contribution in [0.2, 0.25) is 0 Å². The number of phenolic OH excluding ortho intramolecular Hbond substituents is 4. The van der Waals surface area contributed by atoms with Crippen LogP contribution in [0.3, 0.4) is 0 Å². The lowest BCUT2D eigenvalue weighted by Crippen LogP contribution is -2.36. The largest absolute Gasteiger partial charge is 0.508 e. The number of nitrogens with zero attached hydrogens (tertiary/aromatic N) is 4. The summed E-state index contributed by atoms with van der Waals surface area (Å²) in [5.41, 5.74) is 17.4. The molecule has 8 heterocycles. The number of nitrogens with two attached hydrogens (primary N) is 1. The van der Waals surface area contributed by atoms with E-state index in [2.05, 4.69) is 51.5 Å². The fourth-order valence-corrected chi connectivity index (χ4v) is 16.1. The molecular formula is C65H79N11O11S2. The van der Waals surface area contributed by atoms with Crippen LogP contribution < -0.4 is 37.9 Å². The highest BCUT2D eigenvalue weighted by Crippen LogP contribution is 2.42. The first-order valence-electron chi connectivity index (χ1n) is 30.6. The number of aromatic hydroxyl groups is 4. The Bertz CT molecular complexity index is 3730. The Morgan fingerprint density at radius 1 is 0.640 bits per heavy atom. The molecule has 12 rings (SSSR count). The summed E-state index contributed by atoms with van der Waals surface area (Å²) in [6.45, 7) is 10.2. The predicted octanol–water partition coefficient (Wildman–Crippen LogP) is 7.64. The van der Waals surface area contributed by atoms with Gasteiger partial charge in [0, 0.05) is 126 Å². The topological polar surface area (TPSA) is 336 Å². The maximum Gasteiger partial charge on any atom is 0.315 e. The SMILES string of the molecule is CC(C)c1cc(C2=NNC(=O)C2c2ccc3c(ccn3CCN)c2)c(O)cc1O.CC(C)c1cc(C2=NNC(=O)C2c2ccc3c(ccn3CCNC(=O)CCCC[C@@H]3SC[C@H]4NC(=O)C[C@@H]34)c2)c(O)cc1O.O=C(O)CCCC[C@@H]1SC[C@H]2NC(=O)N[C@@H]12. The van der Waals surface area contributed by atoms with Crippen LogP contribution in [0.25, 0.3) is 21.8 Å². The van der Waals surface area contributed by atoms with Gasteiger partial charge in [-0.05, 0) is 119 Å². The minimum Gasteiger partial charge on any atom is -0.508 e. The summed E-state index contributed by atoms with van der Waals surface area (Å²) in [7, 11) is 0.